The number of fused-ring (bicyclic) bond motifs is 2. The topological polar surface area (TPSA) is 125 Å². The molecule has 29 heavy (non-hydrogen) atoms. The number of hydrogen-bond acceptors (Lipinski definition) is 5. The van der Waals surface area contributed by atoms with Gasteiger partial charge in [0.05, 0.1) is 40.7 Å². The van der Waals surface area contributed by atoms with Crippen molar-refractivity contribution in [2.45, 2.75) is 6.10 Å². The van der Waals surface area contributed by atoms with E-state index in [-0.39, 0.29) is 31.0 Å². The van der Waals surface area contributed by atoms with Crippen LogP contribution in [0.1, 0.15) is 20.7 Å². The Labute approximate surface area is 165 Å². The van der Waals surface area contributed by atoms with Crippen LogP contribution in [0.3, 0.4) is 0 Å². The lowest BCUT2D eigenvalue weighted by atomic mass is 10.1. The molecule has 9 heteroatoms. The van der Waals surface area contributed by atoms with Crippen LogP contribution in [0.25, 0.3) is 21.8 Å². The molecule has 0 aliphatic carbocycles. The lowest BCUT2D eigenvalue weighted by Crippen LogP contribution is -2.41. The van der Waals surface area contributed by atoms with E-state index in [9.17, 15) is 9.59 Å². The van der Waals surface area contributed by atoms with Gasteiger partial charge < -0.3 is 15.4 Å². The van der Waals surface area contributed by atoms with Gasteiger partial charge in [-0.25, -0.2) is 0 Å². The van der Waals surface area contributed by atoms with Gasteiger partial charge in [-0.05, 0) is 12.1 Å². The summed E-state index contributed by atoms with van der Waals surface area (Å²) in [7, 11) is 1.54. The van der Waals surface area contributed by atoms with Crippen molar-refractivity contribution < 1.29 is 14.3 Å². The number of rotatable bonds is 7. The van der Waals surface area contributed by atoms with Crippen molar-refractivity contribution in [3.63, 3.8) is 0 Å². The van der Waals surface area contributed by atoms with Gasteiger partial charge >= 0.3 is 0 Å². The fourth-order valence-electron chi connectivity index (χ4n) is 3.16. The van der Waals surface area contributed by atoms with Crippen LogP contribution in [0.5, 0.6) is 0 Å². The number of aromatic amines is 2. The maximum atomic E-state index is 12.5. The Hall–Kier alpha value is -3.72. The summed E-state index contributed by atoms with van der Waals surface area (Å²) in [6.45, 7) is 0.489. The second kappa shape index (κ2) is 8.11. The monoisotopic (exact) mass is 392 g/mol. The van der Waals surface area contributed by atoms with Crippen molar-refractivity contribution in [1.82, 2.24) is 31.0 Å². The average molecular weight is 392 g/mol. The Morgan fingerprint density at radius 1 is 0.897 bits per heavy atom. The van der Waals surface area contributed by atoms with Gasteiger partial charge in [-0.15, -0.1) is 0 Å². The number of carbonyl (C=O) groups excluding carboxylic acids is 2. The summed E-state index contributed by atoms with van der Waals surface area (Å²) in [6, 6.07) is 10.8. The van der Waals surface area contributed by atoms with E-state index in [1.54, 1.807) is 36.7 Å². The summed E-state index contributed by atoms with van der Waals surface area (Å²) in [6.07, 6.45) is 2.95. The van der Waals surface area contributed by atoms with Crippen LogP contribution in [0, 0.1) is 0 Å². The number of nitrogens with zero attached hydrogens (tertiary/aromatic N) is 2. The van der Waals surface area contributed by atoms with Gasteiger partial charge in [0.15, 0.2) is 0 Å². The minimum Gasteiger partial charge on any atom is -0.378 e. The van der Waals surface area contributed by atoms with Crippen LogP contribution in [-0.4, -0.2) is 58.5 Å². The zero-order valence-electron chi connectivity index (χ0n) is 15.7. The molecular weight excluding hydrogens is 372 g/mol. The normalized spacial score (nSPS) is 11.2. The van der Waals surface area contributed by atoms with E-state index in [2.05, 4.69) is 31.0 Å². The number of amides is 2. The minimum atomic E-state index is -0.384. The lowest BCUT2D eigenvalue weighted by molar-refractivity contribution is 0.0777. The predicted molar refractivity (Wildman–Crippen MR) is 108 cm³/mol. The van der Waals surface area contributed by atoms with E-state index in [4.69, 9.17) is 4.74 Å². The van der Waals surface area contributed by atoms with E-state index < -0.39 is 0 Å². The molecule has 0 saturated heterocycles. The fraction of sp³-hybridized carbons (Fsp3) is 0.200. The molecule has 0 aliphatic heterocycles. The molecule has 2 aromatic heterocycles. The molecule has 0 bridgehead atoms. The Morgan fingerprint density at radius 3 is 1.83 bits per heavy atom. The number of aromatic nitrogens is 4. The smallest absolute Gasteiger partial charge is 0.253 e. The quantitative estimate of drug-likeness (QED) is 0.380. The third-order valence-corrected chi connectivity index (χ3v) is 4.76. The predicted octanol–water partition coefficient (Wildman–Crippen LogP) is 1.61. The number of carbonyl (C=O) groups is 2. The number of para-hydroxylation sites is 2. The molecule has 148 valence electrons. The van der Waals surface area contributed by atoms with Crippen molar-refractivity contribution in [3.05, 3.63) is 59.9 Å². The van der Waals surface area contributed by atoms with E-state index >= 15 is 0 Å². The number of benzene rings is 2. The van der Waals surface area contributed by atoms with Crippen molar-refractivity contribution in [2.75, 3.05) is 20.2 Å². The van der Waals surface area contributed by atoms with Crippen LogP contribution in [-0.2, 0) is 4.74 Å². The van der Waals surface area contributed by atoms with E-state index in [1.807, 2.05) is 12.1 Å². The highest BCUT2D eigenvalue weighted by atomic mass is 16.5. The zero-order valence-corrected chi connectivity index (χ0v) is 15.7. The Bertz CT molecular complexity index is 1080. The summed E-state index contributed by atoms with van der Waals surface area (Å²) in [5.41, 5.74) is 2.37. The van der Waals surface area contributed by atoms with E-state index in [1.165, 1.54) is 7.11 Å². The summed E-state index contributed by atoms with van der Waals surface area (Å²) in [4.78, 5) is 25.1. The molecule has 2 amide bonds. The molecule has 0 unspecified atom stereocenters. The second-order valence-electron chi connectivity index (χ2n) is 6.56. The molecule has 0 spiro atoms. The summed E-state index contributed by atoms with van der Waals surface area (Å²) >= 11 is 0. The Morgan fingerprint density at radius 2 is 1.38 bits per heavy atom. The number of hydrogen-bond donors (Lipinski definition) is 4. The van der Waals surface area contributed by atoms with Crippen molar-refractivity contribution in [1.29, 1.82) is 0 Å². The third kappa shape index (κ3) is 3.81. The van der Waals surface area contributed by atoms with Crippen molar-refractivity contribution >= 4 is 33.6 Å². The highest BCUT2D eigenvalue weighted by molar-refractivity contribution is 6.06. The first-order valence-electron chi connectivity index (χ1n) is 9.10. The number of methoxy groups -OCH3 is 1. The first kappa shape index (κ1) is 18.6. The molecule has 0 aliphatic rings. The van der Waals surface area contributed by atoms with Gasteiger partial charge in [0, 0.05) is 31.0 Å². The maximum Gasteiger partial charge on any atom is 0.253 e. The average Bonchev–Trinajstić information content (AvgIpc) is 3.42. The third-order valence-electron chi connectivity index (χ3n) is 4.76. The van der Waals surface area contributed by atoms with Gasteiger partial charge in [-0.3, -0.25) is 19.8 Å². The highest BCUT2D eigenvalue weighted by Gasteiger charge is 2.16. The lowest BCUT2D eigenvalue weighted by Gasteiger charge is -2.17. The van der Waals surface area contributed by atoms with Crippen LogP contribution < -0.4 is 10.6 Å². The van der Waals surface area contributed by atoms with Gasteiger partial charge in [-0.1, -0.05) is 24.3 Å². The first-order valence-corrected chi connectivity index (χ1v) is 9.10. The first-order chi connectivity index (χ1) is 14.2. The molecule has 4 N–H and O–H groups in total. The van der Waals surface area contributed by atoms with Crippen LogP contribution in [0.2, 0.25) is 0 Å². The van der Waals surface area contributed by atoms with Gasteiger partial charge in [0.1, 0.15) is 0 Å². The zero-order chi connectivity index (χ0) is 20.2. The van der Waals surface area contributed by atoms with Gasteiger partial charge in [0.2, 0.25) is 0 Å². The van der Waals surface area contributed by atoms with E-state index in [0.29, 0.717) is 22.2 Å². The molecule has 2 heterocycles. The highest BCUT2D eigenvalue weighted by Crippen LogP contribution is 2.16. The van der Waals surface area contributed by atoms with Gasteiger partial charge in [0.25, 0.3) is 11.8 Å². The molecular formula is C20H20N6O3. The summed E-state index contributed by atoms with van der Waals surface area (Å²) in [5, 5.41) is 21.0. The Balaban J connectivity index is 1.36. The fourth-order valence-corrected chi connectivity index (χ4v) is 3.16. The van der Waals surface area contributed by atoms with Crippen molar-refractivity contribution in [2.24, 2.45) is 0 Å². The molecule has 0 atom stereocenters. The summed E-state index contributed by atoms with van der Waals surface area (Å²) < 4.78 is 5.40. The van der Waals surface area contributed by atoms with Crippen LogP contribution in [0.15, 0.2) is 48.8 Å². The number of H-pyrrole nitrogens is 2. The van der Waals surface area contributed by atoms with Crippen LogP contribution in [0.4, 0.5) is 0 Å². The Kier molecular flexibility index (Phi) is 5.21. The second-order valence-corrected chi connectivity index (χ2v) is 6.56. The number of ether oxygens (including phenoxy) is 1. The van der Waals surface area contributed by atoms with Gasteiger partial charge in [-0.2, -0.15) is 10.2 Å². The molecule has 9 nitrogen and oxygen atoms in total. The molecule has 2 aromatic carbocycles. The maximum absolute atomic E-state index is 12.5. The SMILES string of the molecule is COC(CNC(=O)c1cccc2cn[nH]c12)CNC(=O)c1cccc2cn[nH]c12. The minimum absolute atomic E-state index is 0.240. The van der Waals surface area contributed by atoms with E-state index in [0.717, 1.165) is 10.8 Å². The van der Waals surface area contributed by atoms with Crippen LogP contribution >= 0.6 is 0 Å². The molecule has 4 aromatic rings. The molecule has 0 saturated carbocycles. The standard InChI is InChI=1S/C20H20N6O3/c1-29-14(10-21-19(27)15-6-2-4-12-8-23-25-17(12)15)11-22-20(28)16-7-3-5-13-9-24-26-18(13)16/h2-9,14H,10-11H2,1H3,(H,21,27)(H,22,28)(H,23,25)(H,24,26). The molecule has 0 fully saturated rings. The molecule has 0 radical (unpaired) electrons. The molecule has 4 rings (SSSR count). The largest absolute Gasteiger partial charge is 0.378 e. The summed E-state index contributed by atoms with van der Waals surface area (Å²) in [5.74, 6) is -0.481. The number of nitrogens with one attached hydrogen (secondary N) is 4. The van der Waals surface area contributed by atoms with Crippen molar-refractivity contribution in [3.8, 4) is 0 Å².